The molecule has 0 saturated heterocycles. The summed E-state index contributed by atoms with van der Waals surface area (Å²) >= 11 is 18.1. The molecule has 0 bridgehead atoms. The van der Waals surface area contributed by atoms with E-state index in [2.05, 4.69) is 0 Å². The summed E-state index contributed by atoms with van der Waals surface area (Å²) in [6, 6.07) is 17.9. The maximum atomic E-state index is 13.3. The van der Waals surface area contributed by atoms with Crippen LogP contribution in [0, 0.1) is 0 Å². The van der Waals surface area contributed by atoms with Gasteiger partial charge in [0.1, 0.15) is 5.69 Å². The van der Waals surface area contributed by atoms with Crippen LogP contribution >= 0.6 is 34.8 Å². The van der Waals surface area contributed by atoms with Crippen molar-refractivity contribution in [3.63, 3.8) is 0 Å². The zero-order chi connectivity index (χ0) is 20.7. The summed E-state index contributed by atoms with van der Waals surface area (Å²) in [6.45, 7) is 0. The molecule has 0 spiro atoms. The molecule has 7 heteroatoms. The number of aromatic nitrogens is 1. The number of hydrogen-bond acceptors (Lipinski definition) is 2. The first-order valence-corrected chi connectivity index (χ1v) is 9.63. The Balaban J connectivity index is 2.08. The highest BCUT2D eigenvalue weighted by molar-refractivity contribution is 6.32. The van der Waals surface area contributed by atoms with Gasteiger partial charge in [-0.3, -0.25) is 4.79 Å². The van der Waals surface area contributed by atoms with E-state index in [0.29, 0.717) is 37.2 Å². The number of carbonyl (C=O) groups is 2. The molecule has 4 rings (SSSR count). The van der Waals surface area contributed by atoms with E-state index in [1.807, 2.05) is 0 Å². The lowest BCUT2D eigenvalue weighted by atomic mass is 10.00. The monoisotopic (exact) mass is 443 g/mol. The van der Waals surface area contributed by atoms with E-state index in [0.717, 1.165) is 0 Å². The molecule has 0 atom stereocenters. The lowest BCUT2D eigenvalue weighted by molar-refractivity contribution is 0.0684. The normalized spacial score (nSPS) is 11.0. The molecule has 3 aromatic carbocycles. The maximum absolute atomic E-state index is 13.3. The highest BCUT2D eigenvalue weighted by Crippen LogP contribution is 2.33. The molecule has 0 radical (unpaired) electrons. The van der Waals surface area contributed by atoms with Gasteiger partial charge in [-0.25, -0.2) is 4.79 Å². The third kappa shape index (κ3) is 3.51. The molecule has 0 amide bonds. The summed E-state index contributed by atoms with van der Waals surface area (Å²) in [6.07, 6.45) is 0. The van der Waals surface area contributed by atoms with Crippen molar-refractivity contribution in [2.45, 2.75) is 0 Å². The summed E-state index contributed by atoms with van der Waals surface area (Å²) in [5.74, 6) is -1.65. The highest BCUT2D eigenvalue weighted by Gasteiger charge is 2.28. The van der Waals surface area contributed by atoms with Crippen molar-refractivity contribution >= 4 is 57.5 Å². The standard InChI is InChI=1S/C22H12Cl3NO3/c23-13-3-1-12(2-4-13)21(27)19-17-10-7-15(25)11-18(17)26(20(19)22(28)29)16-8-5-14(24)6-9-16/h1-11H,(H,28,29). The molecule has 1 aromatic heterocycles. The van der Waals surface area contributed by atoms with Crippen molar-refractivity contribution in [2.75, 3.05) is 0 Å². The van der Waals surface area contributed by atoms with E-state index in [1.54, 1.807) is 66.7 Å². The molecular formula is C22H12Cl3NO3. The molecule has 0 aliphatic heterocycles. The molecule has 0 fully saturated rings. The molecule has 4 aromatic rings. The van der Waals surface area contributed by atoms with Gasteiger partial charge in [0.25, 0.3) is 0 Å². The van der Waals surface area contributed by atoms with E-state index in [1.165, 1.54) is 4.57 Å². The summed E-state index contributed by atoms with van der Waals surface area (Å²) in [5, 5.41) is 11.9. The zero-order valence-corrected chi connectivity index (χ0v) is 17.0. The Morgan fingerprint density at radius 1 is 0.759 bits per heavy atom. The van der Waals surface area contributed by atoms with E-state index in [4.69, 9.17) is 34.8 Å². The number of halogens is 3. The number of fused-ring (bicyclic) bond motifs is 1. The first-order chi connectivity index (χ1) is 13.9. The van der Waals surface area contributed by atoms with Crippen molar-refractivity contribution in [2.24, 2.45) is 0 Å². The van der Waals surface area contributed by atoms with Crippen LogP contribution in [0.15, 0.2) is 66.7 Å². The molecule has 1 N–H and O–H groups in total. The average Bonchev–Trinajstić information content (AvgIpc) is 3.03. The number of benzene rings is 3. The van der Waals surface area contributed by atoms with E-state index >= 15 is 0 Å². The van der Waals surface area contributed by atoms with Crippen LogP contribution in [0.5, 0.6) is 0 Å². The van der Waals surface area contributed by atoms with Crippen LogP contribution in [0.2, 0.25) is 15.1 Å². The molecular weight excluding hydrogens is 433 g/mol. The SMILES string of the molecule is O=C(c1ccc(Cl)cc1)c1c(C(=O)O)n(-c2ccc(Cl)cc2)c2cc(Cl)ccc12. The second-order valence-electron chi connectivity index (χ2n) is 6.34. The summed E-state index contributed by atoms with van der Waals surface area (Å²) in [4.78, 5) is 25.6. The van der Waals surface area contributed by atoms with Gasteiger partial charge in [-0.1, -0.05) is 40.9 Å². The fraction of sp³-hybridized carbons (Fsp3) is 0. The molecule has 0 aliphatic carbocycles. The lowest BCUT2D eigenvalue weighted by Gasteiger charge is -2.09. The molecule has 0 unspecified atom stereocenters. The van der Waals surface area contributed by atoms with E-state index in [-0.39, 0.29) is 11.3 Å². The quantitative estimate of drug-likeness (QED) is 0.364. The van der Waals surface area contributed by atoms with Gasteiger partial charge in [-0.2, -0.15) is 0 Å². The smallest absolute Gasteiger partial charge is 0.353 e. The van der Waals surface area contributed by atoms with Gasteiger partial charge in [0, 0.05) is 31.7 Å². The third-order valence-corrected chi connectivity index (χ3v) is 5.29. The fourth-order valence-electron chi connectivity index (χ4n) is 3.30. The minimum atomic E-state index is -1.23. The molecule has 1 heterocycles. The van der Waals surface area contributed by atoms with E-state index in [9.17, 15) is 14.7 Å². The largest absolute Gasteiger partial charge is 0.477 e. The van der Waals surface area contributed by atoms with Gasteiger partial charge in [0.2, 0.25) is 0 Å². The zero-order valence-electron chi connectivity index (χ0n) is 14.7. The Morgan fingerprint density at radius 2 is 1.31 bits per heavy atom. The van der Waals surface area contributed by atoms with Crippen molar-refractivity contribution < 1.29 is 14.7 Å². The van der Waals surface area contributed by atoms with Gasteiger partial charge in [-0.05, 0) is 60.7 Å². The number of nitrogens with zero attached hydrogens (tertiary/aromatic N) is 1. The highest BCUT2D eigenvalue weighted by atomic mass is 35.5. The predicted molar refractivity (Wildman–Crippen MR) is 115 cm³/mol. The Kier molecular flexibility index (Phi) is 5.09. The van der Waals surface area contributed by atoms with Crippen molar-refractivity contribution in [1.82, 2.24) is 4.57 Å². The van der Waals surface area contributed by atoms with Crippen LogP contribution in [0.1, 0.15) is 26.4 Å². The molecule has 0 saturated carbocycles. The molecule has 29 heavy (non-hydrogen) atoms. The third-order valence-electron chi connectivity index (χ3n) is 4.55. The van der Waals surface area contributed by atoms with Crippen LogP contribution in [0.4, 0.5) is 0 Å². The summed E-state index contributed by atoms with van der Waals surface area (Å²) in [5.41, 5.74) is 1.33. The number of carbonyl (C=O) groups excluding carboxylic acids is 1. The van der Waals surface area contributed by atoms with Gasteiger partial charge in [0.15, 0.2) is 5.78 Å². The second kappa shape index (κ2) is 7.56. The number of hydrogen-bond donors (Lipinski definition) is 1. The van der Waals surface area contributed by atoms with Crippen molar-refractivity contribution in [3.05, 3.63) is 98.6 Å². The minimum Gasteiger partial charge on any atom is -0.477 e. The average molecular weight is 445 g/mol. The first kappa shape index (κ1) is 19.5. The van der Waals surface area contributed by atoms with Gasteiger partial charge in [-0.15, -0.1) is 0 Å². The van der Waals surface area contributed by atoms with Crippen LogP contribution in [-0.2, 0) is 0 Å². The number of ketones is 1. The first-order valence-electron chi connectivity index (χ1n) is 8.50. The summed E-state index contributed by atoms with van der Waals surface area (Å²) < 4.78 is 1.50. The Labute approximate surface area is 180 Å². The van der Waals surface area contributed by atoms with Crippen LogP contribution in [0.3, 0.4) is 0 Å². The van der Waals surface area contributed by atoms with E-state index < -0.39 is 11.8 Å². The Hall–Kier alpha value is -2.79. The maximum Gasteiger partial charge on any atom is 0.353 e. The fourth-order valence-corrected chi connectivity index (χ4v) is 3.72. The van der Waals surface area contributed by atoms with Crippen molar-refractivity contribution in [3.8, 4) is 5.69 Å². The number of aromatic carboxylic acids is 1. The Morgan fingerprint density at radius 3 is 1.90 bits per heavy atom. The molecule has 144 valence electrons. The topological polar surface area (TPSA) is 59.3 Å². The molecule has 0 aliphatic rings. The number of carboxylic acid groups (broad SMARTS) is 1. The lowest BCUT2D eigenvalue weighted by Crippen LogP contribution is -2.13. The predicted octanol–water partition coefficient (Wildman–Crippen LogP) is 6.52. The van der Waals surface area contributed by atoms with Gasteiger partial charge >= 0.3 is 5.97 Å². The van der Waals surface area contributed by atoms with Gasteiger partial charge in [0.05, 0.1) is 11.1 Å². The van der Waals surface area contributed by atoms with Crippen LogP contribution in [0.25, 0.3) is 16.6 Å². The van der Waals surface area contributed by atoms with Crippen LogP contribution < -0.4 is 0 Å². The number of carboxylic acids is 1. The minimum absolute atomic E-state index is 0.0847. The van der Waals surface area contributed by atoms with Crippen molar-refractivity contribution in [1.29, 1.82) is 0 Å². The Bertz CT molecular complexity index is 1260. The number of rotatable bonds is 4. The van der Waals surface area contributed by atoms with Gasteiger partial charge < -0.3 is 9.67 Å². The summed E-state index contributed by atoms with van der Waals surface area (Å²) in [7, 11) is 0. The molecule has 4 nitrogen and oxygen atoms in total. The second-order valence-corrected chi connectivity index (χ2v) is 7.65. The van der Waals surface area contributed by atoms with Crippen LogP contribution in [-0.4, -0.2) is 21.4 Å².